The fourth-order valence-electron chi connectivity index (χ4n) is 3.01. The SMILES string of the molecule is C[C@H](c1cc(-c2ccccc2)n[nH]1)N(C)C(=O)c1cnc(C2CC2)[nH]c1=O. The highest BCUT2D eigenvalue weighted by Gasteiger charge is 2.28. The van der Waals surface area contributed by atoms with Crippen molar-refractivity contribution >= 4 is 5.91 Å². The van der Waals surface area contributed by atoms with Gasteiger partial charge in [-0.05, 0) is 25.8 Å². The summed E-state index contributed by atoms with van der Waals surface area (Å²) in [6, 6.07) is 11.5. The highest BCUT2D eigenvalue weighted by molar-refractivity contribution is 5.93. The first-order valence-corrected chi connectivity index (χ1v) is 9.01. The molecule has 2 N–H and O–H groups in total. The lowest BCUT2D eigenvalue weighted by Crippen LogP contribution is -2.34. The summed E-state index contributed by atoms with van der Waals surface area (Å²) in [7, 11) is 1.67. The molecule has 27 heavy (non-hydrogen) atoms. The van der Waals surface area contributed by atoms with E-state index in [0.717, 1.165) is 29.8 Å². The minimum atomic E-state index is -0.384. The molecule has 1 saturated carbocycles. The smallest absolute Gasteiger partial charge is 0.263 e. The Morgan fingerprint density at radius 2 is 2.00 bits per heavy atom. The first-order chi connectivity index (χ1) is 13.0. The monoisotopic (exact) mass is 363 g/mol. The van der Waals surface area contributed by atoms with E-state index in [9.17, 15) is 9.59 Å². The van der Waals surface area contributed by atoms with Gasteiger partial charge in [-0.1, -0.05) is 30.3 Å². The minimum absolute atomic E-state index is 0.0524. The molecule has 0 radical (unpaired) electrons. The highest BCUT2D eigenvalue weighted by atomic mass is 16.2. The molecule has 138 valence electrons. The molecule has 1 fully saturated rings. The quantitative estimate of drug-likeness (QED) is 0.729. The summed E-state index contributed by atoms with van der Waals surface area (Å²) in [4.78, 5) is 33.6. The largest absolute Gasteiger partial charge is 0.333 e. The van der Waals surface area contributed by atoms with Crippen LogP contribution in [0.3, 0.4) is 0 Å². The molecule has 1 aliphatic rings. The minimum Gasteiger partial charge on any atom is -0.333 e. The van der Waals surface area contributed by atoms with Gasteiger partial charge in [-0.15, -0.1) is 0 Å². The Morgan fingerprint density at radius 3 is 2.67 bits per heavy atom. The zero-order chi connectivity index (χ0) is 19.0. The van der Waals surface area contributed by atoms with Gasteiger partial charge in [0.2, 0.25) is 0 Å². The van der Waals surface area contributed by atoms with Gasteiger partial charge in [-0.3, -0.25) is 14.7 Å². The maximum Gasteiger partial charge on any atom is 0.263 e. The number of hydrogen-bond acceptors (Lipinski definition) is 4. The number of nitrogens with zero attached hydrogens (tertiary/aromatic N) is 3. The number of rotatable bonds is 5. The van der Waals surface area contributed by atoms with Gasteiger partial charge < -0.3 is 9.88 Å². The Balaban J connectivity index is 1.53. The van der Waals surface area contributed by atoms with E-state index in [2.05, 4.69) is 20.2 Å². The summed E-state index contributed by atoms with van der Waals surface area (Å²) in [6.07, 6.45) is 3.47. The fourth-order valence-corrected chi connectivity index (χ4v) is 3.01. The van der Waals surface area contributed by atoms with Crippen molar-refractivity contribution in [2.75, 3.05) is 7.05 Å². The molecule has 1 aromatic carbocycles. The molecule has 1 aliphatic carbocycles. The van der Waals surface area contributed by atoms with Crippen LogP contribution < -0.4 is 5.56 Å². The maximum atomic E-state index is 12.8. The van der Waals surface area contributed by atoms with Gasteiger partial charge in [0, 0.05) is 24.7 Å². The molecule has 2 aromatic heterocycles. The Morgan fingerprint density at radius 1 is 1.26 bits per heavy atom. The van der Waals surface area contributed by atoms with Crippen molar-refractivity contribution in [1.29, 1.82) is 0 Å². The van der Waals surface area contributed by atoms with E-state index >= 15 is 0 Å². The Hall–Kier alpha value is -3.22. The van der Waals surface area contributed by atoms with E-state index in [0.29, 0.717) is 11.7 Å². The molecule has 2 heterocycles. The van der Waals surface area contributed by atoms with Gasteiger partial charge in [-0.2, -0.15) is 5.10 Å². The van der Waals surface area contributed by atoms with Crippen molar-refractivity contribution in [3.05, 3.63) is 70.0 Å². The summed E-state index contributed by atoms with van der Waals surface area (Å²) in [5, 5.41) is 7.33. The van der Waals surface area contributed by atoms with Crippen LogP contribution in [0.15, 0.2) is 47.4 Å². The molecule has 4 rings (SSSR count). The lowest BCUT2D eigenvalue weighted by Gasteiger charge is -2.23. The van der Waals surface area contributed by atoms with Crippen LogP contribution in [-0.2, 0) is 0 Å². The molecule has 7 nitrogen and oxygen atoms in total. The topological polar surface area (TPSA) is 94.7 Å². The van der Waals surface area contributed by atoms with Crippen LogP contribution in [0.25, 0.3) is 11.3 Å². The molecular weight excluding hydrogens is 342 g/mol. The van der Waals surface area contributed by atoms with E-state index < -0.39 is 0 Å². The Bertz CT molecular complexity index is 1020. The molecule has 0 aliphatic heterocycles. The van der Waals surface area contributed by atoms with Gasteiger partial charge in [-0.25, -0.2) is 4.98 Å². The number of aromatic nitrogens is 4. The fraction of sp³-hybridized carbons (Fsp3) is 0.300. The Kier molecular flexibility index (Phi) is 4.35. The maximum absolute atomic E-state index is 12.8. The average Bonchev–Trinajstić information content (AvgIpc) is 3.43. The lowest BCUT2D eigenvalue weighted by molar-refractivity contribution is 0.0737. The van der Waals surface area contributed by atoms with Crippen molar-refractivity contribution in [2.45, 2.75) is 31.7 Å². The van der Waals surface area contributed by atoms with Crippen LogP contribution in [0.1, 0.15) is 53.6 Å². The second-order valence-electron chi connectivity index (χ2n) is 6.95. The van der Waals surface area contributed by atoms with Crippen molar-refractivity contribution in [1.82, 2.24) is 25.1 Å². The summed E-state index contributed by atoms with van der Waals surface area (Å²) in [5.41, 5.74) is 2.27. The van der Waals surface area contributed by atoms with Crippen LogP contribution in [0.4, 0.5) is 0 Å². The van der Waals surface area contributed by atoms with Crippen molar-refractivity contribution < 1.29 is 4.79 Å². The normalized spacial score (nSPS) is 14.7. The first-order valence-electron chi connectivity index (χ1n) is 9.01. The third kappa shape index (κ3) is 3.40. The van der Waals surface area contributed by atoms with Crippen molar-refractivity contribution in [2.24, 2.45) is 0 Å². The molecular formula is C20H21N5O2. The third-order valence-corrected chi connectivity index (χ3v) is 5.03. The second kappa shape index (κ2) is 6.83. The van der Waals surface area contributed by atoms with Crippen molar-refractivity contribution in [3.8, 4) is 11.3 Å². The van der Waals surface area contributed by atoms with Gasteiger partial charge in [0.25, 0.3) is 11.5 Å². The number of amides is 1. The summed E-state index contributed by atoms with van der Waals surface area (Å²) >= 11 is 0. The molecule has 1 atom stereocenters. The number of carbonyl (C=O) groups excluding carboxylic acids is 1. The summed E-state index contributed by atoms with van der Waals surface area (Å²) < 4.78 is 0. The van der Waals surface area contributed by atoms with Crippen LogP contribution in [-0.4, -0.2) is 38.0 Å². The van der Waals surface area contributed by atoms with E-state index in [1.54, 1.807) is 7.05 Å². The van der Waals surface area contributed by atoms with Crippen LogP contribution in [0, 0.1) is 0 Å². The highest BCUT2D eigenvalue weighted by Crippen LogP contribution is 2.37. The van der Waals surface area contributed by atoms with E-state index in [4.69, 9.17) is 0 Å². The number of hydrogen-bond donors (Lipinski definition) is 2. The second-order valence-corrected chi connectivity index (χ2v) is 6.95. The molecule has 0 spiro atoms. The molecule has 0 saturated heterocycles. The molecule has 1 amide bonds. The average molecular weight is 363 g/mol. The third-order valence-electron chi connectivity index (χ3n) is 5.03. The van der Waals surface area contributed by atoms with Crippen LogP contribution in [0.2, 0.25) is 0 Å². The number of carbonyl (C=O) groups is 1. The zero-order valence-corrected chi connectivity index (χ0v) is 15.3. The molecule has 7 heteroatoms. The predicted octanol–water partition coefficient (Wildman–Crippen LogP) is 2.87. The van der Waals surface area contributed by atoms with Gasteiger partial charge >= 0.3 is 0 Å². The molecule has 0 bridgehead atoms. The standard InChI is InChI=1S/C20H21N5O2/c1-12(16-10-17(24-23-16)13-6-4-3-5-7-13)25(2)20(27)15-11-21-18(14-8-9-14)22-19(15)26/h3-7,10-12,14H,8-9H2,1-2H3,(H,23,24)(H,21,22,26)/t12-/m1/s1. The summed E-state index contributed by atoms with van der Waals surface area (Å²) in [6.45, 7) is 1.89. The zero-order valence-electron chi connectivity index (χ0n) is 15.3. The molecule has 0 unspecified atom stereocenters. The van der Waals surface area contributed by atoms with E-state index in [1.165, 1.54) is 11.1 Å². The van der Waals surface area contributed by atoms with Crippen molar-refractivity contribution in [3.63, 3.8) is 0 Å². The Labute approximate surface area is 156 Å². The van der Waals surface area contributed by atoms with Crippen LogP contribution in [0.5, 0.6) is 0 Å². The number of nitrogens with one attached hydrogen (secondary N) is 2. The predicted molar refractivity (Wildman–Crippen MR) is 101 cm³/mol. The lowest BCUT2D eigenvalue weighted by atomic mass is 10.1. The van der Waals surface area contributed by atoms with Gasteiger partial charge in [0.15, 0.2) is 0 Å². The van der Waals surface area contributed by atoms with Gasteiger partial charge in [0.1, 0.15) is 11.4 Å². The van der Waals surface area contributed by atoms with Gasteiger partial charge in [0.05, 0.1) is 17.4 Å². The summed E-state index contributed by atoms with van der Waals surface area (Å²) in [5.74, 6) is 0.641. The molecule has 3 aromatic rings. The number of H-pyrrole nitrogens is 2. The number of aromatic amines is 2. The van der Waals surface area contributed by atoms with E-state index in [1.807, 2.05) is 43.3 Å². The number of benzene rings is 1. The van der Waals surface area contributed by atoms with Crippen LogP contribution >= 0.6 is 0 Å². The first kappa shape index (κ1) is 17.2. The van der Waals surface area contributed by atoms with E-state index in [-0.39, 0.29) is 23.1 Å².